The maximum Gasteiger partial charge on any atom is 0.208 e. The molecule has 0 aliphatic rings. The van der Waals surface area contributed by atoms with Crippen LogP contribution in [0, 0.1) is 0 Å². The zero-order valence-corrected chi connectivity index (χ0v) is 11.0. The molecule has 0 saturated heterocycles. The molecule has 6 heteroatoms. The highest BCUT2D eigenvalue weighted by molar-refractivity contribution is 9.10. The van der Waals surface area contributed by atoms with Crippen molar-refractivity contribution in [3.05, 3.63) is 38.5 Å². The molecule has 3 nitrogen and oxygen atoms in total. The minimum atomic E-state index is -0.167. The Morgan fingerprint density at radius 2 is 2.06 bits per heavy atom. The first-order chi connectivity index (χ1) is 7.63. The van der Waals surface area contributed by atoms with Gasteiger partial charge >= 0.3 is 0 Å². The van der Waals surface area contributed by atoms with E-state index in [1.165, 1.54) is 0 Å². The van der Waals surface area contributed by atoms with Gasteiger partial charge in [0, 0.05) is 5.56 Å². The second kappa shape index (κ2) is 4.75. The molecule has 0 aliphatic heterocycles. The number of hydrogen-bond donors (Lipinski definition) is 1. The number of aliphatic hydroxyl groups excluding tert-OH is 1. The second-order valence-corrected chi connectivity index (χ2v) is 4.61. The number of benzene rings is 1. The van der Waals surface area contributed by atoms with E-state index >= 15 is 0 Å². The van der Waals surface area contributed by atoms with Crippen LogP contribution < -0.4 is 0 Å². The molecule has 0 unspecified atom stereocenters. The molecule has 2 rings (SSSR count). The molecular formula is C10H6BrCl2NO2. The van der Waals surface area contributed by atoms with Gasteiger partial charge in [0.25, 0.3) is 0 Å². The number of aromatic nitrogens is 1. The SMILES string of the molecule is OCc1c(-c2ccc(Cl)c(Cl)c2)noc1Br. The lowest BCUT2D eigenvalue weighted by molar-refractivity contribution is 0.278. The molecule has 0 bridgehead atoms. The third-order valence-corrected chi connectivity index (χ3v) is 3.45. The largest absolute Gasteiger partial charge is 0.391 e. The van der Waals surface area contributed by atoms with Crippen LogP contribution in [0.4, 0.5) is 0 Å². The van der Waals surface area contributed by atoms with E-state index < -0.39 is 0 Å². The van der Waals surface area contributed by atoms with Gasteiger partial charge in [0.15, 0.2) is 0 Å². The minimum Gasteiger partial charge on any atom is -0.391 e. The fraction of sp³-hybridized carbons (Fsp3) is 0.100. The highest BCUT2D eigenvalue weighted by Crippen LogP contribution is 2.32. The normalized spacial score (nSPS) is 10.8. The van der Waals surface area contributed by atoms with Gasteiger partial charge in [-0.05, 0) is 28.1 Å². The van der Waals surface area contributed by atoms with E-state index in [2.05, 4.69) is 21.1 Å². The smallest absolute Gasteiger partial charge is 0.208 e. The van der Waals surface area contributed by atoms with Gasteiger partial charge in [-0.25, -0.2) is 0 Å². The number of rotatable bonds is 2. The quantitative estimate of drug-likeness (QED) is 0.912. The minimum absolute atomic E-state index is 0.167. The van der Waals surface area contributed by atoms with Crippen LogP contribution in [0.3, 0.4) is 0 Å². The summed E-state index contributed by atoms with van der Waals surface area (Å²) in [5.41, 5.74) is 1.87. The molecule has 0 amide bonds. The maximum atomic E-state index is 9.18. The molecule has 1 aromatic heterocycles. The third kappa shape index (κ3) is 2.11. The van der Waals surface area contributed by atoms with Gasteiger partial charge in [-0.3, -0.25) is 0 Å². The molecule has 16 heavy (non-hydrogen) atoms. The third-order valence-electron chi connectivity index (χ3n) is 2.09. The summed E-state index contributed by atoms with van der Waals surface area (Å²) in [6.45, 7) is -0.167. The molecule has 84 valence electrons. The molecule has 0 saturated carbocycles. The zero-order valence-electron chi connectivity index (χ0n) is 7.88. The van der Waals surface area contributed by atoms with Crippen LogP contribution in [-0.2, 0) is 6.61 Å². The summed E-state index contributed by atoms with van der Waals surface area (Å²) < 4.78 is 5.35. The molecule has 0 aliphatic carbocycles. The lowest BCUT2D eigenvalue weighted by Crippen LogP contribution is -1.87. The van der Waals surface area contributed by atoms with Crippen LogP contribution in [-0.4, -0.2) is 10.3 Å². The molecule has 1 aromatic carbocycles. The van der Waals surface area contributed by atoms with E-state index in [1.807, 2.05) is 0 Å². The average molecular weight is 323 g/mol. The summed E-state index contributed by atoms with van der Waals surface area (Å²) in [4.78, 5) is 0. The predicted octanol–water partition coefficient (Wildman–Crippen LogP) is 3.90. The van der Waals surface area contributed by atoms with Crippen molar-refractivity contribution in [2.24, 2.45) is 0 Å². The summed E-state index contributed by atoms with van der Waals surface area (Å²) in [6, 6.07) is 5.11. The maximum absolute atomic E-state index is 9.18. The first-order valence-corrected chi connectivity index (χ1v) is 5.88. The Morgan fingerprint density at radius 3 is 2.69 bits per heavy atom. The molecule has 0 spiro atoms. The molecule has 1 heterocycles. The molecular weight excluding hydrogens is 317 g/mol. The monoisotopic (exact) mass is 321 g/mol. The van der Waals surface area contributed by atoms with Crippen molar-refractivity contribution in [1.29, 1.82) is 0 Å². The lowest BCUT2D eigenvalue weighted by atomic mass is 10.1. The van der Waals surface area contributed by atoms with E-state index in [0.717, 1.165) is 5.56 Å². The molecule has 0 radical (unpaired) electrons. The Hall–Kier alpha value is -0.550. The number of halogens is 3. The molecule has 0 atom stereocenters. The van der Waals surface area contributed by atoms with Crippen LogP contribution in [0.2, 0.25) is 10.0 Å². The van der Waals surface area contributed by atoms with Crippen molar-refractivity contribution in [3.8, 4) is 11.3 Å². The van der Waals surface area contributed by atoms with Crippen molar-refractivity contribution < 1.29 is 9.63 Å². The van der Waals surface area contributed by atoms with Crippen LogP contribution >= 0.6 is 39.1 Å². The Labute approximate surface area is 110 Å². The van der Waals surface area contributed by atoms with Gasteiger partial charge in [-0.15, -0.1) is 0 Å². The van der Waals surface area contributed by atoms with Crippen molar-refractivity contribution >= 4 is 39.1 Å². The van der Waals surface area contributed by atoms with Crippen LogP contribution in [0.25, 0.3) is 11.3 Å². The summed E-state index contributed by atoms with van der Waals surface area (Å²) in [6.07, 6.45) is 0. The van der Waals surface area contributed by atoms with Gasteiger partial charge in [-0.2, -0.15) is 0 Å². The van der Waals surface area contributed by atoms with Gasteiger partial charge in [0.05, 0.1) is 22.2 Å². The second-order valence-electron chi connectivity index (χ2n) is 3.07. The molecule has 0 fully saturated rings. The molecule has 2 aromatic rings. The fourth-order valence-electron chi connectivity index (χ4n) is 1.30. The van der Waals surface area contributed by atoms with Crippen molar-refractivity contribution in [2.45, 2.75) is 6.61 Å². The van der Waals surface area contributed by atoms with Crippen molar-refractivity contribution in [3.63, 3.8) is 0 Å². The van der Waals surface area contributed by atoms with Crippen LogP contribution in [0.5, 0.6) is 0 Å². The van der Waals surface area contributed by atoms with E-state index in [9.17, 15) is 5.11 Å². The predicted molar refractivity (Wildman–Crippen MR) is 65.6 cm³/mol. The van der Waals surface area contributed by atoms with Gasteiger partial charge < -0.3 is 9.63 Å². The van der Waals surface area contributed by atoms with E-state index in [-0.39, 0.29) is 6.61 Å². The first-order valence-electron chi connectivity index (χ1n) is 4.34. The van der Waals surface area contributed by atoms with Gasteiger partial charge in [-0.1, -0.05) is 34.4 Å². The summed E-state index contributed by atoms with van der Waals surface area (Å²) >= 11 is 14.9. The standard InChI is InChI=1S/C10H6BrCl2NO2/c11-10-6(4-15)9(14-16-10)5-1-2-7(12)8(13)3-5/h1-3,15H,4H2. The van der Waals surface area contributed by atoms with Gasteiger partial charge in [0.1, 0.15) is 5.69 Å². The Bertz CT molecular complexity index is 528. The van der Waals surface area contributed by atoms with Gasteiger partial charge in [0.2, 0.25) is 4.67 Å². The summed E-state index contributed by atoms with van der Waals surface area (Å²) in [5.74, 6) is 0. The topological polar surface area (TPSA) is 46.3 Å². The van der Waals surface area contributed by atoms with E-state index in [4.69, 9.17) is 27.7 Å². The summed E-state index contributed by atoms with van der Waals surface area (Å²) in [7, 11) is 0. The van der Waals surface area contributed by atoms with Crippen molar-refractivity contribution in [1.82, 2.24) is 5.16 Å². The Balaban J connectivity index is 2.54. The van der Waals surface area contributed by atoms with Crippen LogP contribution in [0.1, 0.15) is 5.56 Å². The number of nitrogens with zero attached hydrogens (tertiary/aromatic N) is 1. The highest BCUT2D eigenvalue weighted by atomic mass is 79.9. The van der Waals surface area contributed by atoms with Crippen molar-refractivity contribution in [2.75, 3.05) is 0 Å². The Morgan fingerprint density at radius 1 is 1.31 bits per heavy atom. The lowest BCUT2D eigenvalue weighted by Gasteiger charge is -2.01. The number of aliphatic hydroxyl groups is 1. The average Bonchev–Trinajstić information content (AvgIpc) is 2.63. The zero-order chi connectivity index (χ0) is 11.7. The highest BCUT2D eigenvalue weighted by Gasteiger charge is 2.15. The Kier molecular flexibility index (Phi) is 3.54. The molecule has 1 N–H and O–H groups in total. The fourth-order valence-corrected chi connectivity index (χ4v) is 1.98. The van der Waals surface area contributed by atoms with E-state index in [0.29, 0.717) is 26.0 Å². The van der Waals surface area contributed by atoms with E-state index in [1.54, 1.807) is 18.2 Å². The first kappa shape index (κ1) is 11.9. The number of hydrogen-bond acceptors (Lipinski definition) is 3. The summed E-state index contributed by atoms with van der Waals surface area (Å²) in [5, 5.41) is 13.9. The van der Waals surface area contributed by atoms with Crippen LogP contribution in [0.15, 0.2) is 27.4 Å².